The molecule has 0 spiro atoms. The lowest BCUT2D eigenvalue weighted by atomic mass is 10.1. The molecule has 0 aliphatic carbocycles. The predicted octanol–water partition coefficient (Wildman–Crippen LogP) is 4.76. The minimum atomic E-state index is 0.508. The molecule has 28 heavy (non-hydrogen) atoms. The van der Waals surface area contributed by atoms with Gasteiger partial charge in [0.1, 0.15) is 5.75 Å². The van der Waals surface area contributed by atoms with Crippen molar-refractivity contribution < 1.29 is 4.74 Å². The Morgan fingerprint density at radius 2 is 1.89 bits per heavy atom. The second-order valence-electron chi connectivity index (χ2n) is 6.51. The highest BCUT2D eigenvalue weighted by Crippen LogP contribution is 2.32. The Morgan fingerprint density at radius 1 is 1.14 bits per heavy atom. The van der Waals surface area contributed by atoms with Crippen LogP contribution >= 0.6 is 0 Å². The molecule has 0 N–H and O–H groups in total. The summed E-state index contributed by atoms with van der Waals surface area (Å²) in [6.45, 7) is 7.05. The molecule has 0 saturated carbocycles. The summed E-state index contributed by atoms with van der Waals surface area (Å²) in [7, 11) is 1.99. The van der Waals surface area contributed by atoms with Crippen LogP contribution in [0.15, 0.2) is 53.7 Å². The fourth-order valence-electron chi connectivity index (χ4n) is 2.58. The van der Waals surface area contributed by atoms with Gasteiger partial charge in [-0.3, -0.25) is 0 Å². The SMILES string of the molecule is CCN(C)C=Nc1ccc(Oc2ccn(-c3ccc(C#N)cc3)n2)c(C)c1C. The van der Waals surface area contributed by atoms with Crippen LogP contribution in [0.25, 0.3) is 5.69 Å². The monoisotopic (exact) mass is 373 g/mol. The molecule has 6 nitrogen and oxygen atoms in total. The number of hydrogen-bond donors (Lipinski definition) is 0. The summed E-state index contributed by atoms with van der Waals surface area (Å²) in [6, 6.07) is 15.0. The zero-order valence-corrected chi connectivity index (χ0v) is 16.5. The minimum Gasteiger partial charge on any atom is -0.437 e. The number of ether oxygens (including phenoxy) is 1. The molecule has 0 unspecified atom stereocenters. The highest BCUT2D eigenvalue weighted by Gasteiger charge is 2.10. The number of aromatic nitrogens is 2. The molecule has 1 heterocycles. The molecule has 3 aromatic rings. The number of nitrogens with zero attached hydrogens (tertiary/aromatic N) is 5. The summed E-state index contributed by atoms with van der Waals surface area (Å²) < 4.78 is 7.71. The van der Waals surface area contributed by atoms with Crippen molar-refractivity contribution in [2.45, 2.75) is 20.8 Å². The Labute approximate surface area is 165 Å². The van der Waals surface area contributed by atoms with Crippen molar-refractivity contribution in [2.24, 2.45) is 4.99 Å². The van der Waals surface area contributed by atoms with Crippen LogP contribution in [-0.4, -0.2) is 34.6 Å². The minimum absolute atomic E-state index is 0.508. The summed E-state index contributed by atoms with van der Waals surface area (Å²) in [5.41, 5.74) is 4.51. The zero-order valence-electron chi connectivity index (χ0n) is 16.5. The standard InChI is InChI=1S/C22H23N5O/c1-5-26(4)15-24-20-10-11-21(17(3)16(20)2)28-22-12-13-27(25-22)19-8-6-18(14-23)7-9-19/h6-13,15H,5H2,1-4H3. The van der Waals surface area contributed by atoms with Gasteiger partial charge in [-0.05, 0) is 68.3 Å². The van der Waals surface area contributed by atoms with Gasteiger partial charge in [0.05, 0.1) is 29.3 Å². The average Bonchev–Trinajstić information content (AvgIpc) is 3.19. The van der Waals surface area contributed by atoms with Gasteiger partial charge >= 0.3 is 0 Å². The van der Waals surface area contributed by atoms with Crippen LogP contribution in [-0.2, 0) is 0 Å². The third-order valence-electron chi connectivity index (χ3n) is 4.64. The summed E-state index contributed by atoms with van der Waals surface area (Å²) in [4.78, 5) is 6.57. The van der Waals surface area contributed by atoms with E-state index in [2.05, 4.69) is 23.1 Å². The molecule has 142 valence electrons. The van der Waals surface area contributed by atoms with Crippen molar-refractivity contribution in [3.05, 3.63) is 65.4 Å². The van der Waals surface area contributed by atoms with Gasteiger partial charge < -0.3 is 9.64 Å². The highest BCUT2D eigenvalue weighted by molar-refractivity contribution is 5.65. The van der Waals surface area contributed by atoms with Gasteiger partial charge in [-0.1, -0.05) is 0 Å². The Bertz CT molecular complexity index is 1030. The Kier molecular flexibility index (Phi) is 5.75. The van der Waals surface area contributed by atoms with Gasteiger partial charge in [0.25, 0.3) is 0 Å². The lowest BCUT2D eigenvalue weighted by Crippen LogP contribution is -2.14. The molecular weight excluding hydrogens is 350 g/mol. The van der Waals surface area contributed by atoms with E-state index >= 15 is 0 Å². The molecule has 0 saturated heterocycles. The van der Waals surface area contributed by atoms with Crippen LogP contribution in [0.2, 0.25) is 0 Å². The molecular formula is C22H23N5O. The van der Waals surface area contributed by atoms with Crippen LogP contribution in [0.1, 0.15) is 23.6 Å². The first-order valence-corrected chi connectivity index (χ1v) is 9.10. The molecule has 3 rings (SSSR count). The first-order valence-electron chi connectivity index (χ1n) is 9.10. The van der Waals surface area contributed by atoms with Gasteiger partial charge in [-0.15, -0.1) is 5.10 Å². The van der Waals surface area contributed by atoms with E-state index in [0.29, 0.717) is 11.4 Å². The number of rotatable bonds is 6. The van der Waals surface area contributed by atoms with Gasteiger partial charge in [0, 0.05) is 25.9 Å². The van der Waals surface area contributed by atoms with Gasteiger partial charge in [0.2, 0.25) is 5.88 Å². The van der Waals surface area contributed by atoms with Crippen LogP contribution < -0.4 is 4.74 Å². The first-order chi connectivity index (χ1) is 13.5. The number of hydrogen-bond acceptors (Lipinski definition) is 4. The fourth-order valence-corrected chi connectivity index (χ4v) is 2.58. The lowest BCUT2D eigenvalue weighted by Gasteiger charge is -2.12. The summed E-state index contributed by atoms with van der Waals surface area (Å²) in [5, 5.41) is 13.4. The Balaban J connectivity index is 1.79. The number of benzene rings is 2. The fraction of sp³-hybridized carbons (Fsp3) is 0.227. The third-order valence-corrected chi connectivity index (χ3v) is 4.64. The smallest absolute Gasteiger partial charge is 0.238 e. The van der Waals surface area contributed by atoms with E-state index in [-0.39, 0.29) is 0 Å². The van der Waals surface area contributed by atoms with Crippen molar-refractivity contribution in [1.82, 2.24) is 14.7 Å². The lowest BCUT2D eigenvalue weighted by molar-refractivity contribution is 0.454. The molecule has 0 amide bonds. The van der Waals surface area contributed by atoms with Gasteiger partial charge in [0.15, 0.2) is 0 Å². The van der Waals surface area contributed by atoms with Crippen molar-refractivity contribution in [2.75, 3.05) is 13.6 Å². The van der Waals surface area contributed by atoms with Crippen molar-refractivity contribution in [3.8, 4) is 23.4 Å². The topological polar surface area (TPSA) is 66.4 Å². The molecule has 0 fully saturated rings. The van der Waals surface area contributed by atoms with E-state index < -0.39 is 0 Å². The number of aliphatic imine (C=N–C) groups is 1. The maximum absolute atomic E-state index is 8.91. The normalized spacial score (nSPS) is 10.8. The van der Waals surface area contributed by atoms with Crippen LogP contribution in [0.4, 0.5) is 5.69 Å². The highest BCUT2D eigenvalue weighted by atomic mass is 16.5. The number of nitriles is 1. The molecule has 0 aliphatic rings. The van der Waals surface area contributed by atoms with E-state index in [4.69, 9.17) is 10.00 Å². The molecule has 0 radical (unpaired) electrons. The second kappa shape index (κ2) is 8.40. The maximum Gasteiger partial charge on any atom is 0.238 e. The van der Waals surface area contributed by atoms with Crippen LogP contribution in [0, 0.1) is 25.2 Å². The third kappa shape index (κ3) is 4.21. The van der Waals surface area contributed by atoms with E-state index in [9.17, 15) is 0 Å². The maximum atomic E-state index is 8.91. The van der Waals surface area contributed by atoms with Crippen molar-refractivity contribution >= 4 is 12.0 Å². The molecule has 0 aliphatic heterocycles. The first kappa shape index (κ1) is 19.2. The van der Waals surface area contributed by atoms with Gasteiger partial charge in [-0.2, -0.15) is 5.26 Å². The van der Waals surface area contributed by atoms with E-state index in [1.54, 1.807) is 16.8 Å². The molecule has 2 aromatic carbocycles. The largest absolute Gasteiger partial charge is 0.437 e. The van der Waals surface area contributed by atoms with E-state index in [1.807, 2.05) is 68.7 Å². The van der Waals surface area contributed by atoms with Crippen LogP contribution in [0.3, 0.4) is 0 Å². The van der Waals surface area contributed by atoms with Crippen molar-refractivity contribution in [1.29, 1.82) is 5.26 Å². The van der Waals surface area contributed by atoms with E-state index in [0.717, 1.165) is 34.8 Å². The Morgan fingerprint density at radius 3 is 2.57 bits per heavy atom. The predicted molar refractivity (Wildman–Crippen MR) is 111 cm³/mol. The summed E-state index contributed by atoms with van der Waals surface area (Å²) in [6.07, 6.45) is 3.67. The molecule has 6 heteroatoms. The molecule has 0 atom stereocenters. The van der Waals surface area contributed by atoms with E-state index in [1.165, 1.54) is 0 Å². The quantitative estimate of drug-likeness (QED) is 0.461. The summed E-state index contributed by atoms with van der Waals surface area (Å²) >= 11 is 0. The average molecular weight is 373 g/mol. The van der Waals surface area contributed by atoms with Gasteiger partial charge in [-0.25, -0.2) is 9.67 Å². The second-order valence-corrected chi connectivity index (χ2v) is 6.51. The summed E-state index contributed by atoms with van der Waals surface area (Å²) in [5.74, 6) is 1.26. The zero-order chi connectivity index (χ0) is 20.1. The molecule has 0 bridgehead atoms. The Hall–Kier alpha value is -3.59. The molecule has 1 aromatic heterocycles. The van der Waals surface area contributed by atoms with Crippen molar-refractivity contribution in [3.63, 3.8) is 0 Å². The van der Waals surface area contributed by atoms with Crippen LogP contribution in [0.5, 0.6) is 11.6 Å².